The Balaban J connectivity index is 1.81. The number of aromatic nitrogens is 4. The van der Waals surface area contributed by atoms with Gasteiger partial charge in [-0.15, -0.1) is 6.58 Å². The number of ether oxygens (including phenoxy) is 3. The van der Waals surface area contributed by atoms with Gasteiger partial charge in [-0.25, -0.2) is 19.6 Å². The highest BCUT2D eigenvalue weighted by Crippen LogP contribution is 2.34. The first-order valence-corrected chi connectivity index (χ1v) is 14.2. The van der Waals surface area contributed by atoms with E-state index in [0.717, 1.165) is 35.1 Å². The molecule has 0 saturated carbocycles. The Hall–Kier alpha value is -4.34. The molecule has 0 spiro atoms. The third-order valence-electron chi connectivity index (χ3n) is 6.69. The van der Waals surface area contributed by atoms with E-state index >= 15 is 0 Å². The molecule has 3 heterocycles. The van der Waals surface area contributed by atoms with Crippen molar-refractivity contribution in [3.63, 3.8) is 0 Å². The van der Waals surface area contributed by atoms with E-state index in [0.29, 0.717) is 34.9 Å². The number of fused-ring (bicyclic) bond motifs is 2. The Labute approximate surface area is 246 Å². The van der Waals surface area contributed by atoms with Gasteiger partial charge in [0.1, 0.15) is 22.5 Å². The second kappa shape index (κ2) is 12.3. The van der Waals surface area contributed by atoms with Gasteiger partial charge in [-0.1, -0.05) is 6.08 Å². The number of carbonyl (C=O) groups is 2. The van der Waals surface area contributed by atoms with E-state index in [1.165, 1.54) is 0 Å². The standard InChI is InChI=1S/C32H41N5O5/c1-10-11-12-15-37-25(17-21-13-14-23(34-28(21)37)20(4)33-31(39)42-32(5,6)7)29-35-24-16-22(30(38)41-19(2)3)18-26(40-9)27(24)36(29)8/h10,13-14,16-20H,1,11-12,15H2,2-9H3,(H,33,39)/t20-/m1/s1. The van der Waals surface area contributed by atoms with Crippen molar-refractivity contribution in [2.75, 3.05) is 7.11 Å². The predicted molar refractivity (Wildman–Crippen MR) is 164 cm³/mol. The smallest absolute Gasteiger partial charge is 0.408 e. The van der Waals surface area contributed by atoms with Gasteiger partial charge in [0.25, 0.3) is 0 Å². The monoisotopic (exact) mass is 575 g/mol. The molecule has 10 nitrogen and oxygen atoms in total. The molecule has 0 saturated heterocycles. The van der Waals surface area contributed by atoms with Crippen LogP contribution in [0.25, 0.3) is 33.6 Å². The van der Waals surface area contributed by atoms with Crippen LogP contribution in [0.5, 0.6) is 5.75 Å². The molecule has 42 heavy (non-hydrogen) atoms. The number of pyridine rings is 1. The number of nitrogens with one attached hydrogen (secondary N) is 1. The quantitative estimate of drug-likeness (QED) is 0.127. The van der Waals surface area contributed by atoms with Crippen molar-refractivity contribution in [3.05, 3.63) is 54.2 Å². The van der Waals surface area contributed by atoms with Crippen LogP contribution in [0.15, 0.2) is 43.0 Å². The molecule has 0 fully saturated rings. The number of hydrogen-bond donors (Lipinski definition) is 1. The SMILES string of the molecule is C=CCCCn1c(-c2nc3cc(C(=O)OC(C)C)cc(OC)c3n2C)cc2ccc([C@@H](C)NC(=O)OC(C)(C)C)nc21. The number of aryl methyl sites for hydroxylation is 2. The van der Waals surface area contributed by atoms with Gasteiger partial charge in [0.15, 0.2) is 5.82 Å². The fourth-order valence-electron chi connectivity index (χ4n) is 4.84. The van der Waals surface area contributed by atoms with Crippen LogP contribution in [0, 0.1) is 0 Å². The Bertz CT molecular complexity index is 1630. The molecule has 1 atom stereocenters. The number of esters is 1. The minimum absolute atomic E-state index is 0.246. The number of nitrogens with zero attached hydrogens (tertiary/aromatic N) is 4. The second-order valence-corrected chi connectivity index (χ2v) is 11.6. The molecule has 4 aromatic rings. The first-order chi connectivity index (χ1) is 19.8. The summed E-state index contributed by atoms with van der Waals surface area (Å²) >= 11 is 0. The van der Waals surface area contributed by atoms with Crippen LogP contribution in [0.3, 0.4) is 0 Å². The Kier molecular flexibility index (Phi) is 8.94. The minimum atomic E-state index is -0.597. The zero-order chi connectivity index (χ0) is 30.8. The molecule has 1 aromatic carbocycles. The molecule has 1 amide bonds. The summed E-state index contributed by atoms with van der Waals surface area (Å²) < 4.78 is 20.6. The Morgan fingerprint density at radius 3 is 2.50 bits per heavy atom. The van der Waals surface area contributed by atoms with Gasteiger partial charge in [-0.05, 0) is 84.7 Å². The van der Waals surface area contributed by atoms with Crippen molar-refractivity contribution in [1.29, 1.82) is 0 Å². The molecule has 10 heteroatoms. The van der Waals surface area contributed by atoms with Gasteiger partial charge >= 0.3 is 12.1 Å². The van der Waals surface area contributed by atoms with Crippen LogP contribution < -0.4 is 10.1 Å². The fraction of sp³-hybridized carbons (Fsp3) is 0.438. The third kappa shape index (κ3) is 6.58. The molecule has 0 radical (unpaired) electrons. The van der Waals surface area contributed by atoms with Crippen LogP contribution in [0.1, 0.15) is 76.5 Å². The van der Waals surface area contributed by atoms with Crippen molar-refractivity contribution < 1.29 is 23.8 Å². The van der Waals surface area contributed by atoms with Crippen molar-refractivity contribution in [2.24, 2.45) is 7.05 Å². The van der Waals surface area contributed by atoms with Crippen molar-refractivity contribution in [1.82, 2.24) is 24.4 Å². The predicted octanol–water partition coefficient (Wildman–Crippen LogP) is 6.72. The van der Waals surface area contributed by atoms with Gasteiger partial charge in [-0.2, -0.15) is 0 Å². The van der Waals surface area contributed by atoms with Crippen molar-refractivity contribution in [2.45, 2.75) is 78.7 Å². The summed E-state index contributed by atoms with van der Waals surface area (Å²) in [6, 6.07) is 9.03. The van der Waals surface area contributed by atoms with E-state index in [2.05, 4.69) is 22.5 Å². The zero-order valence-corrected chi connectivity index (χ0v) is 25.8. The van der Waals surface area contributed by atoms with Gasteiger partial charge in [-0.3, -0.25) is 0 Å². The summed E-state index contributed by atoms with van der Waals surface area (Å²) in [6.07, 6.45) is 2.85. The molecular formula is C32H41N5O5. The van der Waals surface area contributed by atoms with Crippen LogP contribution in [0.4, 0.5) is 4.79 Å². The van der Waals surface area contributed by atoms with Crippen LogP contribution >= 0.6 is 0 Å². The maximum Gasteiger partial charge on any atom is 0.408 e. The van der Waals surface area contributed by atoms with Crippen LogP contribution in [-0.4, -0.2) is 50.0 Å². The molecule has 0 aliphatic heterocycles. The molecule has 4 rings (SSSR count). The lowest BCUT2D eigenvalue weighted by atomic mass is 10.2. The molecule has 0 unspecified atom stereocenters. The number of carbonyl (C=O) groups excluding carboxylic acids is 2. The summed E-state index contributed by atoms with van der Waals surface area (Å²) in [7, 11) is 3.50. The molecule has 0 aliphatic rings. The highest BCUT2D eigenvalue weighted by atomic mass is 16.6. The average Bonchev–Trinajstić information content (AvgIpc) is 3.43. The number of unbranched alkanes of at least 4 members (excludes halogenated alkanes) is 1. The van der Waals surface area contributed by atoms with E-state index in [4.69, 9.17) is 24.2 Å². The molecule has 3 aromatic heterocycles. The number of amides is 1. The van der Waals surface area contributed by atoms with E-state index < -0.39 is 17.7 Å². The minimum Gasteiger partial charge on any atom is -0.494 e. The summed E-state index contributed by atoms with van der Waals surface area (Å²) in [5, 5.41) is 3.82. The lowest BCUT2D eigenvalue weighted by Gasteiger charge is -2.22. The molecule has 224 valence electrons. The maximum absolute atomic E-state index is 12.7. The maximum atomic E-state index is 12.7. The van der Waals surface area contributed by atoms with E-state index in [-0.39, 0.29) is 12.1 Å². The molecule has 1 N–H and O–H groups in total. The van der Waals surface area contributed by atoms with Crippen molar-refractivity contribution in [3.8, 4) is 17.3 Å². The number of methoxy groups -OCH3 is 1. The second-order valence-electron chi connectivity index (χ2n) is 11.6. The van der Waals surface area contributed by atoms with E-state index in [1.54, 1.807) is 19.2 Å². The largest absolute Gasteiger partial charge is 0.494 e. The summed E-state index contributed by atoms with van der Waals surface area (Å²) in [4.78, 5) is 35.0. The van der Waals surface area contributed by atoms with Gasteiger partial charge < -0.3 is 28.7 Å². The summed E-state index contributed by atoms with van der Waals surface area (Å²) in [6.45, 7) is 15.5. The summed E-state index contributed by atoms with van der Waals surface area (Å²) in [5.41, 5.74) is 3.53. The lowest BCUT2D eigenvalue weighted by Crippen LogP contribution is -2.34. The highest BCUT2D eigenvalue weighted by Gasteiger charge is 2.23. The number of allylic oxidation sites excluding steroid dienone is 1. The molecular weight excluding hydrogens is 534 g/mol. The van der Waals surface area contributed by atoms with Gasteiger partial charge in [0.05, 0.1) is 41.7 Å². The third-order valence-corrected chi connectivity index (χ3v) is 6.69. The van der Waals surface area contributed by atoms with Gasteiger partial charge in [0.2, 0.25) is 0 Å². The van der Waals surface area contributed by atoms with E-state index in [1.807, 2.05) is 71.4 Å². The summed E-state index contributed by atoms with van der Waals surface area (Å²) in [5.74, 6) is 0.804. The number of imidazole rings is 1. The van der Waals surface area contributed by atoms with Crippen LogP contribution in [-0.2, 0) is 23.1 Å². The average molecular weight is 576 g/mol. The normalized spacial score (nSPS) is 12.5. The van der Waals surface area contributed by atoms with Crippen LogP contribution in [0.2, 0.25) is 0 Å². The first kappa shape index (κ1) is 30.6. The Morgan fingerprint density at radius 2 is 1.86 bits per heavy atom. The molecule has 0 bridgehead atoms. The van der Waals surface area contributed by atoms with Crippen molar-refractivity contribution >= 4 is 34.1 Å². The number of hydrogen-bond acceptors (Lipinski definition) is 7. The highest BCUT2D eigenvalue weighted by molar-refractivity contribution is 5.97. The number of benzene rings is 1. The zero-order valence-electron chi connectivity index (χ0n) is 25.8. The topological polar surface area (TPSA) is 110 Å². The number of alkyl carbamates (subject to hydrolysis) is 1. The molecule has 0 aliphatic carbocycles. The van der Waals surface area contributed by atoms with Gasteiger partial charge in [0, 0.05) is 19.0 Å². The Morgan fingerprint density at radius 1 is 1.12 bits per heavy atom. The van der Waals surface area contributed by atoms with E-state index in [9.17, 15) is 9.59 Å². The fourth-order valence-corrected chi connectivity index (χ4v) is 4.84. The first-order valence-electron chi connectivity index (χ1n) is 14.2. The lowest BCUT2D eigenvalue weighted by molar-refractivity contribution is 0.0376. The number of rotatable bonds is 10.